The number of carbonyl (C=O) groups is 2. The van der Waals surface area contributed by atoms with Gasteiger partial charge in [0.1, 0.15) is 23.6 Å². The molecule has 0 bridgehead atoms. The summed E-state index contributed by atoms with van der Waals surface area (Å²) in [5, 5.41) is 0. The van der Waals surface area contributed by atoms with Crippen LogP contribution in [0.25, 0.3) is 0 Å². The van der Waals surface area contributed by atoms with E-state index in [9.17, 15) is 9.59 Å². The van der Waals surface area contributed by atoms with Crippen LogP contribution in [0.3, 0.4) is 0 Å². The summed E-state index contributed by atoms with van der Waals surface area (Å²) < 4.78 is 17.2. The van der Waals surface area contributed by atoms with E-state index in [0.29, 0.717) is 0 Å². The summed E-state index contributed by atoms with van der Waals surface area (Å²) in [6, 6.07) is 9.50. The van der Waals surface area contributed by atoms with Crippen LogP contribution in [0.5, 0.6) is 5.75 Å². The van der Waals surface area contributed by atoms with Crippen LogP contribution in [0.1, 0.15) is 67.7 Å². The highest BCUT2D eigenvalue weighted by Gasteiger charge is 2.32. The van der Waals surface area contributed by atoms with E-state index in [1.807, 2.05) is 37.3 Å². The quantitative estimate of drug-likeness (QED) is 0.514. The second-order valence-corrected chi connectivity index (χ2v) is 8.31. The molecule has 1 aromatic carbocycles. The minimum atomic E-state index is -0.573. The first-order valence-corrected chi connectivity index (χ1v) is 10.2. The molecule has 0 aliphatic heterocycles. The lowest BCUT2D eigenvalue weighted by molar-refractivity contribution is -0.168. The third kappa shape index (κ3) is 8.32. The van der Waals surface area contributed by atoms with E-state index in [2.05, 4.69) is 13.8 Å². The molecule has 0 fully saturated rings. The lowest BCUT2D eigenvalue weighted by Crippen LogP contribution is -2.40. The van der Waals surface area contributed by atoms with Crippen molar-refractivity contribution in [3.05, 3.63) is 30.3 Å². The van der Waals surface area contributed by atoms with Gasteiger partial charge in [-0.3, -0.25) is 9.59 Å². The standard InChI is InChI=1S/C23H36O5/c1-8-18(9-2)21(17(4)26-19-13-11-10-12-14-19)27-22(25)16(3)15-20(24)28-23(5,6)7/h10-14,16-18,21H,8-9,15H2,1-7H3/t16-,17+,21-/m1/s1. The van der Waals surface area contributed by atoms with Crippen LogP contribution in [0.4, 0.5) is 0 Å². The van der Waals surface area contributed by atoms with Crippen LogP contribution in [0, 0.1) is 11.8 Å². The van der Waals surface area contributed by atoms with Gasteiger partial charge in [-0.05, 0) is 58.6 Å². The number of rotatable bonds is 10. The lowest BCUT2D eigenvalue weighted by Gasteiger charge is -2.31. The summed E-state index contributed by atoms with van der Waals surface area (Å²) in [5.41, 5.74) is -0.573. The van der Waals surface area contributed by atoms with Crippen molar-refractivity contribution < 1.29 is 23.8 Å². The van der Waals surface area contributed by atoms with Gasteiger partial charge in [0.2, 0.25) is 0 Å². The van der Waals surface area contributed by atoms with Gasteiger partial charge in [0.05, 0.1) is 12.3 Å². The van der Waals surface area contributed by atoms with Crippen molar-refractivity contribution in [1.82, 2.24) is 0 Å². The van der Waals surface area contributed by atoms with Crippen molar-refractivity contribution in [2.45, 2.75) is 85.5 Å². The number of para-hydroxylation sites is 1. The van der Waals surface area contributed by atoms with E-state index in [0.717, 1.165) is 18.6 Å². The first-order chi connectivity index (χ1) is 13.1. The molecule has 0 aliphatic rings. The predicted octanol–water partition coefficient (Wildman–Crippen LogP) is 5.17. The zero-order valence-corrected chi connectivity index (χ0v) is 18.4. The van der Waals surface area contributed by atoms with Gasteiger partial charge in [0.15, 0.2) is 0 Å². The molecule has 0 amide bonds. The Labute approximate surface area is 169 Å². The minimum absolute atomic E-state index is 0.000334. The second-order valence-electron chi connectivity index (χ2n) is 8.31. The number of carbonyl (C=O) groups excluding carboxylic acids is 2. The van der Waals surface area contributed by atoms with Crippen molar-refractivity contribution in [1.29, 1.82) is 0 Å². The Morgan fingerprint density at radius 1 is 1.00 bits per heavy atom. The summed E-state index contributed by atoms with van der Waals surface area (Å²) in [4.78, 5) is 24.7. The van der Waals surface area contributed by atoms with Gasteiger partial charge in [-0.15, -0.1) is 0 Å². The third-order valence-electron chi connectivity index (χ3n) is 4.59. The van der Waals surface area contributed by atoms with Gasteiger partial charge in [-0.2, -0.15) is 0 Å². The first-order valence-electron chi connectivity index (χ1n) is 10.2. The SMILES string of the molecule is CCC(CC)[C@H](OC(=O)[C@H](C)CC(=O)OC(C)(C)C)[C@H](C)Oc1ccccc1. The van der Waals surface area contributed by atoms with Crippen LogP contribution in [-0.2, 0) is 19.1 Å². The van der Waals surface area contributed by atoms with Crippen molar-refractivity contribution in [2.24, 2.45) is 11.8 Å². The molecule has 0 spiro atoms. The van der Waals surface area contributed by atoms with Gasteiger partial charge in [0, 0.05) is 0 Å². The van der Waals surface area contributed by atoms with Crippen molar-refractivity contribution in [3.63, 3.8) is 0 Å². The van der Waals surface area contributed by atoms with Gasteiger partial charge in [-0.1, -0.05) is 39.0 Å². The van der Waals surface area contributed by atoms with Crippen LogP contribution < -0.4 is 4.74 Å². The summed E-state index contributed by atoms with van der Waals surface area (Å²) in [7, 11) is 0. The van der Waals surface area contributed by atoms with Gasteiger partial charge >= 0.3 is 11.9 Å². The lowest BCUT2D eigenvalue weighted by atomic mass is 9.92. The fraction of sp³-hybridized carbons (Fsp3) is 0.652. The maximum absolute atomic E-state index is 12.7. The molecule has 0 N–H and O–H groups in total. The van der Waals surface area contributed by atoms with Gasteiger partial charge in [-0.25, -0.2) is 0 Å². The van der Waals surface area contributed by atoms with Crippen LogP contribution >= 0.6 is 0 Å². The molecule has 5 heteroatoms. The van der Waals surface area contributed by atoms with E-state index in [-0.39, 0.29) is 24.5 Å². The van der Waals surface area contributed by atoms with Crippen molar-refractivity contribution >= 4 is 11.9 Å². The molecule has 0 saturated heterocycles. The number of ether oxygens (including phenoxy) is 3. The number of esters is 2. The molecule has 0 radical (unpaired) electrons. The largest absolute Gasteiger partial charge is 0.487 e. The molecule has 3 atom stereocenters. The molecule has 1 aromatic rings. The Kier molecular flexibility index (Phi) is 9.50. The molecule has 158 valence electrons. The molecule has 0 aromatic heterocycles. The molecule has 0 unspecified atom stereocenters. The summed E-state index contributed by atoms with van der Waals surface area (Å²) in [6.45, 7) is 13.2. The van der Waals surface area contributed by atoms with Crippen LogP contribution in [0.15, 0.2) is 30.3 Å². The maximum atomic E-state index is 12.7. The highest BCUT2D eigenvalue weighted by molar-refractivity contribution is 5.80. The van der Waals surface area contributed by atoms with Crippen LogP contribution in [-0.4, -0.2) is 29.7 Å². The molecule has 1 rings (SSSR count). The molecular weight excluding hydrogens is 356 g/mol. The number of benzene rings is 1. The maximum Gasteiger partial charge on any atom is 0.309 e. The Bertz CT molecular complexity index is 601. The average molecular weight is 393 g/mol. The minimum Gasteiger partial charge on any atom is -0.487 e. The van der Waals surface area contributed by atoms with E-state index >= 15 is 0 Å². The Balaban J connectivity index is 2.79. The number of hydrogen-bond donors (Lipinski definition) is 0. The first kappa shape index (κ1) is 24.0. The van der Waals surface area contributed by atoms with Crippen molar-refractivity contribution in [3.8, 4) is 5.75 Å². The molecule has 28 heavy (non-hydrogen) atoms. The van der Waals surface area contributed by atoms with Crippen molar-refractivity contribution in [2.75, 3.05) is 0 Å². The Morgan fingerprint density at radius 3 is 2.07 bits per heavy atom. The fourth-order valence-electron chi connectivity index (χ4n) is 3.08. The van der Waals surface area contributed by atoms with E-state index in [4.69, 9.17) is 14.2 Å². The monoisotopic (exact) mass is 392 g/mol. The summed E-state index contributed by atoms with van der Waals surface area (Å²) in [6.07, 6.45) is 1.06. The van der Waals surface area contributed by atoms with E-state index in [1.165, 1.54) is 0 Å². The van der Waals surface area contributed by atoms with E-state index in [1.54, 1.807) is 27.7 Å². The third-order valence-corrected chi connectivity index (χ3v) is 4.59. The summed E-state index contributed by atoms with van der Waals surface area (Å²) >= 11 is 0. The smallest absolute Gasteiger partial charge is 0.309 e. The fourth-order valence-corrected chi connectivity index (χ4v) is 3.08. The topological polar surface area (TPSA) is 61.8 Å². The average Bonchev–Trinajstić information content (AvgIpc) is 2.60. The molecule has 0 aliphatic carbocycles. The molecule has 0 saturated carbocycles. The molecule has 5 nitrogen and oxygen atoms in total. The molecule has 0 heterocycles. The molecular formula is C23H36O5. The normalized spacial score (nSPS) is 14.9. The highest BCUT2D eigenvalue weighted by Crippen LogP contribution is 2.25. The highest BCUT2D eigenvalue weighted by atomic mass is 16.6. The van der Waals surface area contributed by atoms with Gasteiger partial charge in [0.25, 0.3) is 0 Å². The van der Waals surface area contributed by atoms with E-state index < -0.39 is 23.5 Å². The Morgan fingerprint density at radius 2 is 1.57 bits per heavy atom. The predicted molar refractivity (Wildman–Crippen MR) is 110 cm³/mol. The zero-order valence-electron chi connectivity index (χ0n) is 18.4. The second kappa shape index (κ2) is 11.1. The Hall–Kier alpha value is -2.04. The van der Waals surface area contributed by atoms with Crippen LogP contribution in [0.2, 0.25) is 0 Å². The van der Waals surface area contributed by atoms with Gasteiger partial charge < -0.3 is 14.2 Å². The summed E-state index contributed by atoms with van der Waals surface area (Å²) in [5.74, 6) is -0.452. The zero-order chi connectivity index (χ0) is 21.3. The number of hydrogen-bond acceptors (Lipinski definition) is 5.